The largest absolute Gasteiger partial charge is 0.336 e. The molecule has 3 nitrogen and oxygen atoms in total. The summed E-state index contributed by atoms with van der Waals surface area (Å²) >= 11 is 5.96. The van der Waals surface area contributed by atoms with E-state index in [1.807, 2.05) is 60.7 Å². The predicted octanol–water partition coefficient (Wildman–Crippen LogP) is 4.04. The molecule has 0 atom stereocenters. The van der Waals surface area contributed by atoms with E-state index in [1.54, 1.807) is 4.90 Å². The van der Waals surface area contributed by atoms with Gasteiger partial charge in [0, 0.05) is 23.8 Å². The minimum atomic E-state index is -0.0304. The first kappa shape index (κ1) is 13.7. The van der Waals surface area contributed by atoms with Gasteiger partial charge in [-0.05, 0) is 35.4 Å². The Labute approximate surface area is 128 Å². The van der Waals surface area contributed by atoms with Gasteiger partial charge >= 0.3 is 6.03 Å². The molecule has 1 aliphatic heterocycles. The van der Waals surface area contributed by atoms with Crippen molar-refractivity contribution in [1.82, 2.24) is 5.32 Å². The quantitative estimate of drug-likeness (QED) is 0.852. The number of carbonyl (C=O) groups is 1. The van der Waals surface area contributed by atoms with Gasteiger partial charge in [-0.15, -0.1) is 0 Å². The fourth-order valence-corrected chi connectivity index (χ4v) is 2.48. The number of halogens is 1. The standard InChI is InChI=1S/C17H15ClN2O/c18-15-3-1-2-14(12-15)5-4-13-6-8-16(9-7-13)20-11-10-19-17(20)21/h1-9,12H,10-11H2,(H,19,21)/b5-4-. The van der Waals surface area contributed by atoms with Crippen molar-refractivity contribution in [2.45, 2.75) is 0 Å². The van der Waals surface area contributed by atoms with Gasteiger partial charge in [0.05, 0.1) is 0 Å². The van der Waals surface area contributed by atoms with Gasteiger partial charge in [-0.25, -0.2) is 4.79 Å². The predicted molar refractivity (Wildman–Crippen MR) is 87.6 cm³/mol. The molecule has 1 heterocycles. The Morgan fingerprint density at radius 2 is 1.81 bits per heavy atom. The molecular formula is C17H15ClN2O. The highest BCUT2D eigenvalue weighted by molar-refractivity contribution is 6.30. The molecule has 21 heavy (non-hydrogen) atoms. The Hall–Kier alpha value is -2.26. The van der Waals surface area contributed by atoms with Crippen molar-refractivity contribution in [3.8, 4) is 0 Å². The molecule has 1 aliphatic rings. The molecule has 0 bridgehead atoms. The number of nitrogens with zero attached hydrogens (tertiary/aromatic N) is 1. The summed E-state index contributed by atoms with van der Waals surface area (Å²) in [4.78, 5) is 13.3. The van der Waals surface area contributed by atoms with E-state index < -0.39 is 0 Å². The van der Waals surface area contributed by atoms with Crippen LogP contribution in [0.5, 0.6) is 0 Å². The van der Waals surface area contributed by atoms with E-state index in [-0.39, 0.29) is 6.03 Å². The molecule has 2 aromatic carbocycles. The topological polar surface area (TPSA) is 32.3 Å². The third kappa shape index (κ3) is 3.26. The summed E-state index contributed by atoms with van der Waals surface area (Å²) in [5, 5.41) is 3.52. The maximum atomic E-state index is 11.6. The Morgan fingerprint density at radius 3 is 2.48 bits per heavy atom. The lowest BCUT2D eigenvalue weighted by Crippen LogP contribution is -2.27. The van der Waals surface area contributed by atoms with Gasteiger partial charge in [0.1, 0.15) is 0 Å². The molecular weight excluding hydrogens is 284 g/mol. The Balaban J connectivity index is 1.74. The van der Waals surface area contributed by atoms with Crippen LogP contribution in [0.1, 0.15) is 11.1 Å². The summed E-state index contributed by atoms with van der Waals surface area (Å²) < 4.78 is 0. The highest BCUT2D eigenvalue weighted by Crippen LogP contribution is 2.19. The average molecular weight is 299 g/mol. The lowest BCUT2D eigenvalue weighted by Gasteiger charge is -2.13. The molecule has 0 unspecified atom stereocenters. The molecule has 0 saturated carbocycles. The Kier molecular flexibility index (Phi) is 3.93. The molecule has 2 amide bonds. The first-order valence-corrected chi connectivity index (χ1v) is 7.19. The molecule has 106 valence electrons. The number of benzene rings is 2. The third-order valence-corrected chi connectivity index (χ3v) is 3.61. The molecule has 0 spiro atoms. The van der Waals surface area contributed by atoms with Crippen molar-refractivity contribution >= 4 is 35.5 Å². The first-order chi connectivity index (χ1) is 10.2. The van der Waals surface area contributed by atoms with Gasteiger partial charge in [-0.1, -0.05) is 48.0 Å². The van der Waals surface area contributed by atoms with E-state index in [2.05, 4.69) is 5.32 Å². The van der Waals surface area contributed by atoms with Crippen molar-refractivity contribution in [2.24, 2.45) is 0 Å². The van der Waals surface area contributed by atoms with Crippen molar-refractivity contribution in [3.05, 3.63) is 64.7 Å². The van der Waals surface area contributed by atoms with Crippen molar-refractivity contribution < 1.29 is 4.79 Å². The van der Waals surface area contributed by atoms with Gasteiger partial charge in [0.2, 0.25) is 0 Å². The van der Waals surface area contributed by atoms with Crippen LogP contribution in [0.2, 0.25) is 5.02 Å². The summed E-state index contributed by atoms with van der Waals surface area (Å²) in [5.41, 5.74) is 3.06. The van der Waals surface area contributed by atoms with Gasteiger partial charge in [-0.2, -0.15) is 0 Å². The van der Waals surface area contributed by atoms with E-state index in [0.29, 0.717) is 6.54 Å². The summed E-state index contributed by atoms with van der Waals surface area (Å²) in [6, 6.07) is 15.6. The van der Waals surface area contributed by atoms with Gasteiger partial charge in [-0.3, -0.25) is 4.90 Å². The average Bonchev–Trinajstić information content (AvgIpc) is 2.92. The molecule has 0 aromatic heterocycles. The van der Waals surface area contributed by atoms with Crippen molar-refractivity contribution in [3.63, 3.8) is 0 Å². The normalized spacial score (nSPS) is 14.7. The van der Waals surface area contributed by atoms with E-state index in [9.17, 15) is 4.79 Å². The minimum Gasteiger partial charge on any atom is -0.336 e. The number of rotatable bonds is 3. The number of nitrogens with one attached hydrogen (secondary N) is 1. The van der Waals surface area contributed by atoms with Crippen molar-refractivity contribution in [2.75, 3.05) is 18.0 Å². The summed E-state index contributed by atoms with van der Waals surface area (Å²) in [6.07, 6.45) is 4.04. The molecule has 1 saturated heterocycles. The monoisotopic (exact) mass is 298 g/mol. The summed E-state index contributed by atoms with van der Waals surface area (Å²) in [7, 11) is 0. The third-order valence-electron chi connectivity index (χ3n) is 3.38. The molecule has 3 rings (SSSR count). The second-order valence-corrected chi connectivity index (χ2v) is 5.30. The molecule has 1 N–H and O–H groups in total. The molecule has 1 fully saturated rings. The minimum absolute atomic E-state index is 0.0304. The number of carbonyl (C=O) groups excluding carboxylic acids is 1. The number of hydrogen-bond acceptors (Lipinski definition) is 1. The second-order valence-electron chi connectivity index (χ2n) is 4.86. The van der Waals surface area contributed by atoms with Crippen LogP contribution in [0.25, 0.3) is 12.2 Å². The zero-order valence-electron chi connectivity index (χ0n) is 11.4. The Bertz CT molecular complexity index is 679. The van der Waals surface area contributed by atoms with Gasteiger partial charge in [0.15, 0.2) is 0 Å². The first-order valence-electron chi connectivity index (χ1n) is 6.81. The lowest BCUT2D eigenvalue weighted by molar-refractivity contribution is 0.252. The van der Waals surface area contributed by atoms with Crippen LogP contribution in [0.3, 0.4) is 0 Å². The maximum Gasteiger partial charge on any atom is 0.321 e. The highest BCUT2D eigenvalue weighted by Gasteiger charge is 2.20. The van der Waals surface area contributed by atoms with Crippen LogP contribution in [0.4, 0.5) is 10.5 Å². The summed E-state index contributed by atoms with van der Waals surface area (Å²) in [6.45, 7) is 1.42. The summed E-state index contributed by atoms with van der Waals surface area (Å²) in [5.74, 6) is 0. The van der Waals surface area contributed by atoms with Crippen LogP contribution in [-0.4, -0.2) is 19.1 Å². The van der Waals surface area contributed by atoms with Crippen molar-refractivity contribution in [1.29, 1.82) is 0 Å². The number of anilines is 1. The number of urea groups is 1. The molecule has 2 aromatic rings. The smallest absolute Gasteiger partial charge is 0.321 e. The van der Waals surface area contributed by atoms with E-state index in [1.165, 1.54) is 0 Å². The number of amides is 2. The maximum absolute atomic E-state index is 11.6. The van der Waals surface area contributed by atoms with Gasteiger partial charge < -0.3 is 5.32 Å². The Morgan fingerprint density at radius 1 is 1.05 bits per heavy atom. The van der Waals surface area contributed by atoms with Crippen LogP contribution in [-0.2, 0) is 0 Å². The van der Waals surface area contributed by atoms with Gasteiger partial charge in [0.25, 0.3) is 0 Å². The van der Waals surface area contributed by atoms with E-state index in [4.69, 9.17) is 11.6 Å². The number of hydrogen-bond donors (Lipinski definition) is 1. The second kappa shape index (κ2) is 6.02. The zero-order chi connectivity index (χ0) is 14.7. The van der Waals surface area contributed by atoms with Crippen LogP contribution >= 0.6 is 11.6 Å². The van der Waals surface area contributed by atoms with Crippen LogP contribution in [0.15, 0.2) is 48.5 Å². The molecule has 0 radical (unpaired) electrons. The fourth-order valence-electron chi connectivity index (χ4n) is 2.29. The zero-order valence-corrected chi connectivity index (χ0v) is 12.2. The van der Waals surface area contributed by atoms with Crippen LogP contribution < -0.4 is 10.2 Å². The van der Waals surface area contributed by atoms with Crippen LogP contribution in [0, 0.1) is 0 Å². The lowest BCUT2D eigenvalue weighted by atomic mass is 10.1. The van der Waals surface area contributed by atoms with E-state index in [0.717, 1.165) is 28.4 Å². The highest BCUT2D eigenvalue weighted by atomic mass is 35.5. The van der Waals surface area contributed by atoms with E-state index >= 15 is 0 Å². The molecule has 0 aliphatic carbocycles. The fraction of sp³-hybridized carbons (Fsp3) is 0.118. The SMILES string of the molecule is O=C1NCCN1c1ccc(/C=C\c2cccc(Cl)c2)cc1. The molecule has 4 heteroatoms.